The SMILES string of the molecule is Cc1nc2cc(C(=O)O)ccn2c1N=Nc1cc(Cl)cc(Cl)c1. The van der Waals surface area contributed by atoms with Crippen molar-refractivity contribution < 1.29 is 9.90 Å². The lowest BCUT2D eigenvalue weighted by atomic mass is 10.3. The number of hydrogen-bond donors (Lipinski definition) is 1. The van der Waals surface area contributed by atoms with Crippen LogP contribution in [-0.2, 0) is 0 Å². The molecule has 3 rings (SSSR count). The van der Waals surface area contributed by atoms with E-state index in [9.17, 15) is 4.79 Å². The molecule has 1 N–H and O–H groups in total. The van der Waals surface area contributed by atoms with Crippen molar-refractivity contribution in [2.75, 3.05) is 0 Å². The van der Waals surface area contributed by atoms with Gasteiger partial charge in [0.1, 0.15) is 5.65 Å². The maximum Gasteiger partial charge on any atom is 0.335 e. The number of halogens is 2. The van der Waals surface area contributed by atoms with Gasteiger partial charge in [-0.15, -0.1) is 10.2 Å². The molecule has 0 fully saturated rings. The molecule has 0 spiro atoms. The lowest BCUT2D eigenvalue weighted by molar-refractivity contribution is 0.0697. The molecule has 0 aliphatic heterocycles. The number of carboxylic acid groups (broad SMARTS) is 1. The Labute approximate surface area is 141 Å². The van der Waals surface area contributed by atoms with E-state index in [1.807, 2.05) is 0 Å². The van der Waals surface area contributed by atoms with Gasteiger partial charge in [-0.1, -0.05) is 23.2 Å². The van der Waals surface area contributed by atoms with Crippen LogP contribution >= 0.6 is 23.2 Å². The van der Waals surface area contributed by atoms with Crippen LogP contribution in [0.2, 0.25) is 10.0 Å². The standard InChI is InChI=1S/C15H10Cl2N4O2/c1-8-14(20-19-12-6-10(16)5-11(17)7-12)21-3-2-9(15(22)23)4-13(21)18-8/h2-7H,1H3,(H,22,23). The van der Waals surface area contributed by atoms with Gasteiger partial charge in [0.25, 0.3) is 0 Å². The summed E-state index contributed by atoms with van der Waals surface area (Å²) in [5.41, 5.74) is 1.79. The Kier molecular flexibility index (Phi) is 4.02. The van der Waals surface area contributed by atoms with Crippen molar-refractivity contribution >= 4 is 46.3 Å². The monoisotopic (exact) mass is 348 g/mol. The molecule has 3 aromatic rings. The van der Waals surface area contributed by atoms with Crippen molar-refractivity contribution in [2.24, 2.45) is 10.2 Å². The third-order valence-corrected chi connectivity index (χ3v) is 3.56. The summed E-state index contributed by atoms with van der Waals surface area (Å²) < 4.78 is 1.66. The van der Waals surface area contributed by atoms with Gasteiger partial charge in [0, 0.05) is 16.2 Å². The highest BCUT2D eigenvalue weighted by Crippen LogP contribution is 2.28. The molecule has 0 aliphatic carbocycles. The molecule has 116 valence electrons. The van der Waals surface area contributed by atoms with E-state index in [2.05, 4.69) is 15.2 Å². The maximum atomic E-state index is 11.0. The zero-order valence-electron chi connectivity index (χ0n) is 11.9. The van der Waals surface area contributed by atoms with Crippen LogP contribution in [0.25, 0.3) is 5.65 Å². The quantitative estimate of drug-likeness (QED) is 0.671. The fraction of sp³-hybridized carbons (Fsp3) is 0.0667. The number of azo groups is 1. The second-order valence-corrected chi connectivity index (χ2v) is 5.67. The van der Waals surface area contributed by atoms with Gasteiger partial charge in [-0.3, -0.25) is 4.40 Å². The van der Waals surface area contributed by atoms with Crippen LogP contribution in [0.5, 0.6) is 0 Å². The molecule has 2 aromatic heterocycles. The lowest BCUT2D eigenvalue weighted by Gasteiger charge is -1.99. The normalized spacial score (nSPS) is 11.4. The summed E-state index contributed by atoms with van der Waals surface area (Å²) in [4.78, 5) is 15.3. The first-order valence-electron chi connectivity index (χ1n) is 6.54. The molecule has 0 aliphatic rings. The second kappa shape index (κ2) is 5.98. The number of rotatable bonds is 3. The number of carbonyl (C=O) groups is 1. The number of aromatic carboxylic acids is 1. The Hall–Kier alpha value is -2.44. The average Bonchev–Trinajstić information content (AvgIpc) is 2.78. The number of pyridine rings is 1. The fourth-order valence-electron chi connectivity index (χ4n) is 2.11. The van der Waals surface area contributed by atoms with E-state index in [-0.39, 0.29) is 5.56 Å². The number of nitrogens with zero attached hydrogens (tertiary/aromatic N) is 4. The number of benzene rings is 1. The Balaban J connectivity index is 2.04. The minimum Gasteiger partial charge on any atom is -0.478 e. The van der Waals surface area contributed by atoms with Crippen LogP contribution in [0.4, 0.5) is 11.5 Å². The topological polar surface area (TPSA) is 79.3 Å². The zero-order valence-corrected chi connectivity index (χ0v) is 13.4. The molecule has 0 bridgehead atoms. The molecule has 0 saturated carbocycles. The van der Waals surface area contributed by atoms with Crippen LogP contribution in [0.1, 0.15) is 16.1 Å². The van der Waals surface area contributed by atoms with E-state index >= 15 is 0 Å². The number of imidazole rings is 1. The number of aromatic nitrogens is 2. The van der Waals surface area contributed by atoms with Crippen LogP contribution in [0.3, 0.4) is 0 Å². The van der Waals surface area contributed by atoms with E-state index in [1.54, 1.807) is 35.7 Å². The Morgan fingerprint density at radius 3 is 2.52 bits per heavy atom. The minimum absolute atomic E-state index is 0.160. The molecule has 2 heterocycles. The van der Waals surface area contributed by atoms with Crippen molar-refractivity contribution in [1.82, 2.24) is 9.38 Å². The molecule has 6 nitrogen and oxygen atoms in total. The Morgan fingerprint density at radius 2 is 1.87 bits per heavy atom. The molecule has 1 aromatic carbocycles. The van der Waals surface area contributed by atoms with Gasteiger partial charge in [-0.05, 0) is 37.3 Å². The van der Waals surface area contributed by atoms with Crippen molar-refractivity contribution in [3.05, 3.63) is 57.8 Å². The van der Waals surface area contributed by atoms with E-state index < -0.39 is 5.97 Å². The summed E-state index contributed by atoms with van der Waals surface area (Å²) in [7, 11) is 0. The van der Waals surface area contributed by atoms with E-state index in [0.29, 0.717) is 32.9 Å². The average molecular weight is 349 g/mol. The Bertz CT molecular complexity index is 930. The fourth-order valence-corrected chi connectivity index (χ4v) is 2.62. The third kappa shape index (κ3) is 3.18. The minimum atomic E-state index is -1.01. The van der Waals surface area contributed by atoms with E-state index in [0.717, 1.165) is 0 Å². The summed E-state index contributed by atoms with van der Waals surface area (Å²) >= 11 is 11.8. The molecule has 8 heteroatoms. The largest absolute Gasteiger partial charge is 0.478 e. The molecule has 0 unspecified atom stereocenters. The molecular weight excluding hydrogens is 339 g/mol. The first-order chi connectivity index (χ1) is 10.9. The highest BCUT2D eigenvalue weighted by atomic mass is 35.5. The second-order valence-electron chi connectivity index (χ2n) is 4.80. The smallest absolute Gasteiger partial charge is 0.335 e. The number of aryl methyl sites for hydroxylation is 1. The van der Waals surface area contributed by atoms with Crippen molar-refractivity contribution in [1.29, 1.82) is 0 Å². The number of carboxylic acids is 1. The van der Waals surface area contributed by atoms with Crippen molar-refractivity contribution in [3.8, 4) is 0 Å². The summed E-state index contributed by atoms with van der Waals surface area (Å²) in [6.07, 6.45) is 1.60. The van der Waals surface area contributed by atoms with Crippen LogP contribution < -0.4 is 0 Å². The van der Waals surface area contributed by atoms with Gasteiger partial charge >= 0.3 is 5.97 Å². The number of fused-ring (bicyclic) bond motifs is 1. The van der Waals surface area contributed by atoms with E-state index in [4.69, 9.17) is 28.3 Å². The molecule has 23 heavy (non-hydrogen) atoms. The van der Waals surface area contributed by atoms with Crippen molar-refractivity contribution in [3.63, 3.8) is 0 Å². The van der Waals surface area contributed by atoms with Crippen LogP contribution in [-0.4, -0.2) is 20.5 Å². The lowest BCUT2D eigenvalue weighted by Crippen LogP contribution is -1.97. The molecule has 0 amide bonds. The first-order valence-corrected chi connectivity index (χ1v) is 7.29. The first kappa shape index (κ1) is 15.5. The summed E-state index contributed by atoms with van der Waals surface area (Å²) in [5.74, 6) is -0.502. The van der Waals surface area contributed by atoms with Gasteiger partial charge in [0.05, 0.1) is 16.9 Å². The van der Waals surface area contributed by atoms with Gasteiger partial charge in [0.2, 0.25) is 0 Å². The zero-order chi connectivity index (χ0) is 16.6. The van der Waals surface area contributed by atoms with Crippen LogP contribution in [0.15, 0.2) is 46.8 Å². The van der Waals surface area contributed by atoms with Gasteiger partial charge in [-0.2, -0.15) is 0 Å². The molecule has 0 radical (unpaired) electrons. The van der Waals surface area contributed by atoms with E-state index in [1.165, 1.54) is 12.1 Å². The highest BCUT2D eigenvalue weighted by Gasteiger charge is 2.11. The van der Waals surface area contributed by atoms with Gasteiger partial charge < -0.3 is 5.11 Å². The van der Waals surface area contributed by atoms with Gasteiger partial charge in [0.15, 0.2) is 5.82 Å². The summed E-state index contributed by atoms with van der Waals surface area (Å²) in [6, 6.07) is 7.83. The molecular formula is C15H10Cl2N4O2. The third-order valence-electron chi connectivity index (χ3n) is 3.12. The molecule has 0 atom stereocenters. The maximum absolute atomic E-state index is 11.0. The van der Waals surface area contributed by atoms with Crippen molar-refractivity contribution in [2.45, 2.75) is 6.92 Å². The summed E-state index contributed by atoms with van der Waals surface area (Å²) in [6.45, 7) is 1.77. The summed E-state index contributed by atoms with van der Waals surface area (Å²) in [5, 5.41) is 18.3. The molecule has 0 saturated heterocycles. The Morgan fingerprint density at radius 1 is 1.17 bits per heavy atom. The number of hydrogen-bond acceptors (Lipinski definition) is 4. The predicted octanol–water partition coefficient (Wildman–Crippen LogP) is 5.06. The highest BCUT2D eigenvalue weighted by molar-refractivity contribution is 6.35. The predicted molar refractivity (Wildman–Crippen MR) is 87.5 cm³/mol. The van der Waals surface area contributed by atoms with Crippen LogP contribution in [0, 0.1) is 6.92 Å². The van der Waals surface area contributed by atoms with Gasteiger partial charge in [-0.25, -0.2) is 9.78 Å².